The Bertz CT molecular complexity index is 657. The van der Waals surface area contributed by atoms with Gasteiger partial charge in [-0.25, -0.2) is 4.79 Å². The van der Waals surface area contributed by atoms with E-state index in [0.717, 1.165) is 6.20 Å². The van der Waals surface area contributed by atoms with E-state index in [2.05, 4.69) is 15.1 Å². The van der Waals surface area contributed by atoms with E-state index in [1.54, 1.807) is 0 Å². The van der Waals surface area contributed by atoms with Gasteiger partial charge in [-0.15, -0.1) is 0 Å². The van der Waals surface area contributed by atoms with E-state index in [9.17, 15) is 19.7 Å². The number of nitro groups is 1. The first-order valence-electron chi connectivity index (χ1n) is 5.17. The van der Waals surface area contributed by atoms with Crippen LogP contribution in [0, 0.1) is 10.1 Å². The van der Waals surface area contributed by atoms with Gasteiger partial charge in [0.25, 0.3) is 24.3 Å². The summed E-state index contributed by atoms with van der Waals surface area (Å²) in [7, 11) is 0. The van der Waals surface area contributed by atoms with E-state index < -0.39 is 16.5 Å². The van der Waals surface area contributed by atoms with Gasteiger partial charge in [-0.3, -0.25) is 19.4 Å². The number of rotatable bonds is 4. The Morgan fingerprint density at radius 2 is 2.11 bits per heavy atom. The fourth-order valence-corrected chi connectivity index (χ4v) is 1.38. The topological polar surface area (TPSA) is 122 Å². The molecule has 0 aliphatic heterocycles. The molecule has 19 heavy (non-hydrogen) atoms. The lowest BCUT2D eigenvalue weighted by Gasteiger charge is -2.01. The second-order valence-corrected chi connectivity index (χ2v) is 3.62. The molecule has 1 heterocycles. The van der Waals surface area contributed by atoms with Crippen LogP contribution in [0.3, 0.4) is 0 Å². The number of nitrogens with zero attached hydrogens (tertiary/aromatic N) is 2. The summed E-state index contributed by atoms with van der Waals surface area (Å²) in [5.41, 5.74) is -0.239. The first-order valence-corrected chi connectivity index (χ1v) is 5.17. The lowest BCUT2D eigenvalue weighted by atomic mass is 10.3. The van der Waals surface area contributed by atoms with Gasteiger partial charge in [-0.05, 0) is 17.4 Å². The number of hydrogen-bond donors (Lipinski definition) is 2. The molecule has 9 nitrogen and oxygen atoms in total. The number of aromatic amines is 1. The average molecular weight is 265 g/mol. The number of aromatic nitrogens is 2. The highest BCUT2D eigenvalue weighted by atomic mass is 16.6. The Hall–Kier alpha value is -2.97. The number of benzene rings is 1. The molecule has 0 saturated carbocycles. The molecular formula is C10H9N4O5+. The fourth-order valence-electron chi connectivity index (χ4n) is 1.38. The van der Waals surface area contributed by atoms with Crippen molar-refractivity contribution in [3.8, 4) is 0 Å². The van der Waals surface area contributed by atoms with Crippen molar-refractivity contribution in [2.24, 2.45) is 0 Å². The van der Waals surface area contributed by atoms with Crippen molar-refractivity contribution in [3.05, 3.63) is 51.0 Å². The van der Waals surface area contributed by atoms with Crippen LogP contribution in [0.5, 0.6) is 0 Å². The fraction of sp³-hybridized carbons (Fsp3) is 0.100. The number of hydrogen-bond acceptors (Lipinski definition) is 5. The maximum Gasteiger partial charge on any atom is 0.426 e. The lowest BCUT2D eigenvalue weighted by molar-refractivity contribution is -0.750. The minimum absolute atomic E-state index is 0.0634. The van der Waals surface area contributed by atoms with Crippen LogP contribution in [0.2, 0.25) is 0 Å². The van der Waals surface area contributed by atoms with Crippen LogP contribution in [-0.2, 0) is 11.3 Å². The second-order valence-electron chi connectivity index (χ2n) is 3.62. The number of non-ortho nitro benzene ring substituents is 1. The van der Waals surface area contributed by atoms with E-state index in [0.29, 0.717) is 5.69 Å². The monoisotopic (exact) mass is 265 g/mol. The van der Waals surface area contributed by atoms with Crippen LogP contribution >= 0.6 is 0 Å². The summed E-state index contributed by atoms with van der Waals surface area (Å²) >= 11 is 0. The van der Waals surface area contributed by atoms with Crippen molar-refractivity contribution in [1.82, 2.24) is 5.27 Å². The van der Waals surface area contributed by atoms with Gasteiger partial charge in [0, 0.05) is 17.8 Å². The molecule has 2 aromatic rings. The normalized spacial score (nSPS) is 10.1. The van der Waals surface area contributed by atoms with E-state index in [-0.39, 0.29) is 12.2 Å². The van der Waals surface area contributed by atoms with Crippen LogP contribution in [0.25, 0.3) is 0 Å². The molecule has 0 aliphatic carbocycles. The maximum absolute atomic E-state index is 11.6. The zero-order valence-corrected chi connectivity index (χ0v) is 9.53. The summed E-state index contributed by atoms with van der Waals surface area (Å²) in [5, 5.41) is 15.2. The van der Waals surface area contributed by atoms with Gasteiger partial charge in [0.05, 0.1) is 4.92 Å². The zero-order chi connectivity index (χ0) is 13.8. The Kier molecular flexibility index (Phi) is 3.37. The first kappa shape index (κ1) is 12.5. The summed E-state index contributed by atoms with van der Waals surface area (Å²) in [4.78, 5) is 32.2. The predicted octanol–water partition coefficient (Wildman–Crippen LogP) is -0.198. The van der Waals surface area contributed by atoms with Crippen molar-refractivity contribution < 1.29 is 18.9 Å². The van der Waals surface area contributed by atoms with E-state index >= 15 is 0 Å². The van der Waals surface area contributed by atoms with Gasteiger partial charge in [0.15, 0.2) is 0 Å². The summed E-state index contributed by atoms with van der Waals surface area (Å²) in [6.45, 7) is -0.136. The third-order valence-corrected chi connectivity index (χ3v) is 2.20. The Balaban J connectivity index is 1.98. The maximum atomic E-state index is 11.6. The van der Waals surface area contributed by atoms with Crippen molar-refractivity contribution in [3.63, 3.8) is 0 Å². The molecule has 0 saturated heterocycles. The minimum Gasteiger partial charge on any atom is -0.320 e. The van der Waals surface area contributed by atoms with Gasteiger partial charge in [0.1, 0.15) is 0 Å². The van der Waals surface area contributed by atoms with Gasteiger partial charge >= 0.3 is 5.63 Å². The standard InChI is InChI=1S/C10H8N4O5/c15-9(5-13-6-10(16)19-12-13)11-7-1-3-8(4-2-7)14(17)18/h1-4,6H,5H2,(H-,11,12,15,16)/p+1. The number of amides is 1. The highest BCUT2D eigenvalue weighted by molar-refractivity contribution is 5.89. The lowest BCUT2D eigenvalue weighted by Crippen LogP contribution is -2.41. The number of carbonyl (C=O) groups is 1. The Labute approximate surface area is 105 Å². The molecule has 0 atom stereocenters. The van der Waals surface area contributed by atoms with Crippen molar-refractivity contribution in [2.45, 2.75) is 6.54 Å². The molecule has 98 valence electrons. The van der Waals surface area contributed by atoms with Crippen LogP contribution in [-0.4, -0.2) is 16.1 Å². The molecule has 0 aliphatic rings. The molecule has 0 radical (unpaired) electrons. The summed E-state index contributed by atoms with van der Waals surface area (Å²) < 4.78 is 5.55. The quantitative estimate of drug-likeness (QED) is 0.450. The summed E-state index contributed by atoms with van der Waals surface area (Å²) in [5.74, 6) is -0.407. The van der Waals surface area contributed by atoms with Crippen LogP contribution in [0.1, 0.15) is 0 Å². The third kappa shape index (κ3) is 3.25. The number of nitro benzene ring substituents is 1. The predicted molar refractivity (Wildman–Crippen MR) is 61.2 cm³/mol. The molecular weight excluding hydrogens is 256 g/mol. The molecule has 0 unspecified atom stereocenters. The van der Waals surface area contributed by atoms with Crippen molar-refractivity contribution in [2.75, 3.05) is 5.32 Å². The van der Waals surface area contributed by atoms with Crippen molar-refractivity contribution >= 4 is 17.3 Å². The number of anilines is 1. The van der Waals surface area contributed by atoms with Gasteiger partial charge < -0.3 is 5.32 Å². The first-order chi connectivity index (χ1) is 9.04. The highest BCUT2D eigenvalue weighted by Gasteiger charge is 2.13. The third-order valence-electron chi connectivity index (χ3n) is 2.20. The second kappa shape index (κ2) is 5.12. The van der Waals surface area contributed by atoms with Gasteiger partial charge in [0.2, 0.25) is 0 Å². The highest BCUT2D eigenvalue weighted by Crippen LogP contribution is 2.15. The largest absolute Gasteiger partial charge is 0.426 e. The van der Waals surface area contributed by atoms with Crippen molar-refractivity contribution in [1.29, 1.82) is 0 Å². The molecule has 2 rings (SSSR count). The molecule has 0 spiro atoms. The van der Waals surface area contributed by atoms with Crippen LogP contribution in [0.4, 0.5) is 11.4 Å². The van der Waals surface area contributed by atoms with Gasteiger partial charge in [-0.1, -0.05) is 4.68 Å². The Morgan fingerprint density at radius 3 is 2.63 bits per heavy atom. The molecule has 2 N–H and O–H groups in total. The van der Waals surface area contributed by atoms with E-state index in [4.69, 9.17) is 0 Å². The molecule has 1 aromatic carbocycles. The van der Waals surface area contributed by atoms with E-state index in [1.165, 1.54) is 28.9 Å². The average Bonchev–Trinajstić information content (AvgIpc) is 2.75. The SMILES string of the molecule is O=C(C[n+]1cc(=O)o[nH]1)Nc1ccc([N+](=O)[O-])cc1. The number of H-pyrrole nitrogens is 1. The molecule has 0 bridgehead atoms. The number of nitrogens with one attached hydrogen (secondary N) is 2. The molecule has 1 amide bonds. The Morgan fingerprint density at radius 1 is 1.42 bits per heavy atom. The summed E-state index contributed by atoms with van der Waals surface area (Å²) in [6.07, 6.45) is 1.09. The molecule has 0 fully saturated rings. The smallest absolute Gasteiger partial charge is 0.320 e. The number of carbonyl (C=O) groups excluding carboxylic acids is 1. The molecule has 9 heteroatoms. The minimum atomic E-state index is -0.594. The van der Waals surface area contributed by atoms with Crippen LogP contribution < -0.4 is 15.6 Å². The van der Waals surface area contributed by atoms with E-state index in [1.807, 2.05) is 0 Å². The summed E-state index contributed by atoms with van der Waals surface area (Å²) in [6, 6.07) is 5.39. The van der Waals surface area contributed by atoms with Gasteiger partial charge in [-0.2, -0.15) is 0 Å². The zero-order valence-electron chi connectivity index (χ0n) is 9.53. The van der Waals surface area contributed by atoms with Crippen LogP contribution in [0.15, 0.2) is 39.8 Å². The molecule has 1 aromatic heterocycles.